The van der Waals surface area contributed by atoms with Crippen LogP contribution in [0.2, 0.25) is 0 Å². The molecule has 1 amide bonds. The number of H-pyrrole nitrogens is 1. The second-order valence-electron chi connectivity index (χ2n) is 8.35. The van der Waals surface area contributed by atoms with Crippen molar-refractivity contribution in [3.05, 3.63) is 64.8 Å². The third-order valence-corrected chi connectivity index (χ3v) is 8.31. The Kier molecular flexibility index (Phi) is 5.88. The number of methoxy groups -OCH3 is 1. The molecular weight excluding hydrogens is 458 g/mol. The number of fused-ring (bicyclic) bond motifs is 3. The second-order valence-corrected chi connectivity index (χ2v) is 10.3. The van der Waals surface area contributed by atoms with Crippen LogP contribution in [0.4, 0.5) is 0 Å². The van der Waals surface area contributed by atoms with Gasteiger partial charge in [0, 0.05) is 60.3 Å². The van der Waals surface area contributed by atoms with Crippen LogP contribution in [0.3, 0.4) is 0 Å². The molecule has 3 aromatic rings. The van der Waals surface area contributed by atoms with Crippen LogP contribution in [0.15, 0.2) is 47.4 Å². The van der Waals surface area contributed by atoms with E-state index in [0.717, 1.165) is 22.2 Å². The molecule has 1 fully saturated rings. The number of carbonyl (C=O) groups excluding carboxylic acids is 2. The van der Waals surface area contributed by atoms with E-state index in [-0.39, 0.29) is 10.8 Å². The predicted molar refractivity (Wildman–Crippen MR) is 124 cm³/mol. The molecule has 3 heterocycles. The zero-order chi connectivity index (χ0) is 23.9. The van der Waals surface area contributed by atoms with Crippen LogP contribution < -0.4 is 0 Å². The van der Waals surface area contributed by atoms with Gasteiger partial charge in [0.15, 0.2) is 0 Å². The minimum Gasteiger partial charge on any atom is -0.465 e. The topological polar surface area (TPSA) is 109 Å². The lowest BCUT2D eigenvalue weighted by Gasteiger charge is -2.28. The average molecular weight is 484 g/mol. The van der Waals surface area contributed by atoms with E-state index in [1.54, 1.807) is 29.2 Å². The van der Waals surface area contributed by atoms with Gasteiger partial charge in [-0.1, -0.05) is 0 Å². The first kappa shape index (κ1) is 22.6. The largest absolute Gasteiger partial charge is 0.465 e. The van der Waals surface area contributed by atoms with Gasteiger partial charge in [-0.15, -0.1) is 0 Å². The number of aromatic nitrogens is 1. The van der Waals surface area contributed by atoms with Gasteiger partial charge in [0.2, 0.25) is 10.0 Å². The Morgan fingerprint density at radius 1 is 1.00 bits per heavy atom. The monoisotopic (exact) mass is 483 g/mol. The molecule has 1 aromatic heterocycles. The van der Waals surface area contributed by atoms with E-state index in [1.165, 1.54) is 23.5 Å². The van der Waals surface area contributed by atoms with E-state index in [9.17, 15) is 18.0 Å². The van der Waals surface area contributed by atoms with Gasteiger partial charge in [-0.05, 0) is 42.5 Å². The Morgan fingerprint density at radius 3 is 2.41 bits per heavy atom. The number of amides is 1. The lowest BCUT2D eigenvalue weighted by atomic mass is 10.0. The van der Waals surface area contributed by atoms with Crippen molar-refractivity contribution in [1.82, 2.24) is 14.2 Å². The maximum Gasteiger partial charge on any atom is 0.337 e. The predicted octanol–water partition coefficient (Wildman–Crippen LogP) is 2.17. The van der Waals surface area contributed by atoms with Crippen molar-refractivity contribution < 1.29 is 27.5 Å². The highest BCUT2D eigenvalue weighted by molar-refractivity contribution is 7.89. The maximum absolute atomic E-state index is 13.2. The van der Waals surface area contributed by atoms with Gasteiger partial charge in [-0.3, -0.25) is 4.79 Å². The molecule has 1 N–H and O–H groups in total. The fourth-order valence-electron chi connectivity index (χ4n) is 4.52. The molecule has 1 saturated heterocycles. The minimum absolute atomic E-state index is 0.166. The number of morpholine rings is 1. The first-order valence-corrected chi connectivity index (χ1v) is 12.5. The molecular formula is C24H25N3O6S. The number of rotatable bonds is 4. The molecule has 2 aliphatic rings. The summed E-state index contributed by atoms with van der Waals surface area (Å²) in [4.78, 5) is 30.5. The van der Waals surface area contributed by atoms with Crippen molar-refractivity contribution in [3.63, 3.8) is 0 Å². The first-order chi connectivity index (χ1) is 16.4. The number of nitrogens with zero attached hydrogens (tertiary/aromatic N) is 2. The quantitative estimate of drug-likeness (QED) is 0.570. The number of benzene rings is 2. The Labute approximate surface area is 197 Å². The number of hydrogen-bond donors (Lipinski definition) is 1. The summed E-state index contributed by atoms with van der Waals surface area (Å²) >= 11 is 0. The molecule has 2 aromatic carbocycles. The molecule has 0 spiro atoms. The molecule has 0 radical (unpaired) electrons. The van der Waals surface area contributed by atoms with Gasteiger partial charge < -0.3 is 19.4 Å². The fourth-order valence-corrected chi connectivity index (χ4v) is 5.93. The van der Waals surface area contributed by atoms with Crippen molar-refractivity contribution in [2.24, 2.45) is 0 Å². The van der Waals surface area contributed by atoms with Gasteiger partial charge in [-0.2, -0.15) is 4.31 Å². The Balaban J connectivity index is 1.37. The third-order valence-electron chi connectivity index (χ3n) is 6.39. The number of nitrogens with one attached hydrogen (secondary N) is 1. The number of esters is 1. The second kappa shape index (κ2) is 8.86. The van der Waals surface area contributed by atoms with Gasteiger partial charge >= 0.3 is 5.97 Å². The van der Waals surface area contributed by atoms with Crippen LogP contribution in [-0.4, -0.2) is 74.4 Å². The van der Waals surface area contributed by atoms with Gasteiger partial charge in [0.25, 0.3) is 5.91 Å². The summed E-state index contributed by atoms with van der Waals surface area (Å²) < 4.78 is 37.1. The molecule has 0 atom stereocenters. The molecule has 10 heteroatoms. The average Bonchev–Trinajstić information content (AvgIpc) is 3.25. The summed E-state index contributed by atoms with van der Waals surface area (Å²) in [5.74, 6) is -0.577. The molecule has 0 bridgehead atoms. The zero-order valence-corrected chi connectivity index (χ0v) is 19.6. The van der Waals surface area contributed by atoms with Crippen LogP contribution in [0, 0.1) is 0 Å². The SMILES string of the molecule is COC(=O)c1ccc2[nH]c3c(c2c1)CN(C(=O)c1ccc(S(=O)(=O)N2CCOCC2)cc1)CC3. The van der Waals surface area contributed by atoms with Crippen LogP contribution in [0.1, 0.15) is 32.0 Å². The Hall–Kier alpha value is -3.21. The smallest absolute Gasteiger partial charge is 0.337 e. The standard InChI is InChI=1S/C24H25N3O6S/c1-32-24(29)17-4-7-21-19(14-17)20-15-26(9-8-22(20)25-21)23(28)16-2-5-18(6-3-16)34(30,31)27-10-12-33-13-11-27/h2-7,14,25H,8-13,15H2,1H3. The Bertz CT molecular complexity index is 1360. The zero-order valence-electron chi connectivity index (χ0n) is 18.7. The lowest BCUT2D eigenvalue weighted by Crippen LogP contribution is -2.40. The van der Waals surface area contributed by atoms with Gasteiger partial charge in [-0.25, -0.2) is 13.2 Å². The number of sulfonamides is 1. The number of aromatic amines is 1. The van der Waals surface area contributed by atoms with E-state index in [4.69, 9.17) is 9.47 Å². The van der Waals surface area contributed by atoms with Crippen LogP contribution >= 0.6 is 0 Å². The van der Waals surface area contributed by atoms with E-state index >= 15 is 0 Å². The summed E-state index contributed by atoms with van der Waals surface area (Å²) in [6, 6.07) is 11.5. The van der Waals surface area contributed by atoms with Gasteiger partial charge in [0.05, 0.1) is 30.8 Å². The van der Waals surface area contributed by atoms with Gasteiger partial charge in [0.1, 0.15) is 0 Å². The summed E-state index contributed by atoms with van der Waals surface area (Å²) in [6.07, 6.45) is 0.660. The van der Waals surface area contributed by atoms with Crippen molar-refractivity contribution in [2.45, 2.75) is 17.9 Å². The van der Waals surface area contributed by atoms with Crippen LogP contribution in [-0.2, 0) is 32.5 Å². The molecule has 5 rings (SSSR count). The van der Waals surface area contributed by atoms with Crippen molar-refractivity contribution in [1.29, 1.82) is 0 Å². The van der Waals surface area contributed by atoms with Crippen LogP contribution in [0.25, 0.3) is 10.9 Å². The Morgan fingerprint density at radius 2 is 1.71 bits per heavy atom. The summed E-state index contributed by atoms with van der Waals surface area (Å²) in [5, 5.41) is 0.891. The number of ether oxygens (including phenoxy) is 2. The maximum atomic E-state index is 13.2. The first-order valence-electron chi connectivity index (χ1n) is 11.1. The van der Waals surface area contributed by atoms with Crippen molar-refractivity contribution in [2.75, 3.05) is 40.0 Å². The molecule has 178 valence electrons. The summed E-state index contributed by atoms with van der Waals surface area (Å²) in [7, 11) is -2.27. The van der Waals surface area contributed by atoms with E-state index in [2.05, 4.69) is 4.98 Å². The highest BCUT2D eigenvalue weighted by Gasteiger charge is 2.28. The number of carbonyl (C=O) groups is 2. The molecule has 2 aliphatic heterocycles. The normalized spacial score (nSPS) is 16.9. The van der Waals surface area contributed by atoms with Crippen LogP contribution in [0.5, 0.6) is 0 Å². The summed E-state index contributed by atoms with van der Waals surface area (Å²) in [6.45, 7) is 2.33. The molecule has 9 nitrogen and oxygen atoms in total. The molecule has 34 heavy (non-hydrogen) atoms. The molecule has 0 aliphatic carbocycles. The molecule has 0 saturated carbocycles. The minimum atomic E-state index is -3.61. The number of hydrogen-bond acceptors (Lipinski definition) is 6. The highest BCUT2D eigenvalue weighted by atomic mass is 32.2. The highest BCUT2D eigenvalue weighted by Crippen LogP contribution is 2.29. The lowest BCUT2D eigenvalue weighted by molar-refractivity contribution is 0.0600. The third kappa shape index (κ3) is 3.97. The van der Waals surface area contributed by atoms with Crippen molar-refractivity contribution >= 4 is 32.8 Å². The summed E-state index contributed by atoms with van der Waals surface area (Å²) in [5.41, 5.74) is 3.82. The fraction of sp³-hybridized carbons (Fsp3) is 0.333. The van der Waals surface area contributed by atoms with E-state index in [0.29, 0.717) is 56.9 Å². The molecule has 0 unspecified atom stereocenters. The van der Waals surface area contributed by atoms with E-state index in [1.807, 2.05) is 6.07 Å². The van der Waals surface area contributed by atoms with Crippen molar-refractivity contribution in [3.8, 4) is 0 Å². The van der Waals surface area contributed by atoms with E-state index < -0.39 is 16.0 Å².